The van der Waals surface area contributed by atoms with Crippen LogP contribution in [0.4, 0.5) is 0 Å². The summed E-state index contributed by atoms with van der Waals surface area (Å²) in [6.45, 7) is 0.477. The maximum Gasteiger partial charge on any atom is 0.231 e. The van der Waals surface area contributed by atoms with Crippen molar-refractivity contribution in [2.24, 2.45) is 7.05 Å². The first-order valence-corrected chi connectivity index (χ1v) is 11.1. The van der Waals surface area contributed by atoms with Crippen LogP contribution in [0.15, 0.2) is 61.1 Å². The number of nitrogens with zero attached hydrogens (tertiary/aromatic N) is 2. The Balaban J connectivity index is 1.59. The number of fused-ring (bicyclic) bond motifs is 9. The second kappa shape index (κ2) is 6.29. The molecule has 0 aliphatic carbocycles. The van der Waals surface area contributed by atoms with Crippen molar-refractivity contribution in [1.82, 2.24) is 9.97 Å². The van der Waals surface area contributed by atoms with E-state index in [-0.39, 0.29) is 13.6 Å². The summed E-state index contributed by atoms with van der Waals surface area (Å²) in [7, 11) is 2.07. The van der Waals surface area contributed by atoms with Crippen molar-refractivity contribution >= 4 is 43.5 Å². The quantitative estimate of drug-likeness (QED) is 0.284. The number of hydrogen-bond donors (Lipinski definition) is 1. The third-order valence-corrected chi connectivity index (χ3v) is 6.86. The molecule has 0 atom stereocenters. The molecule has 0 fully saturated rings. The number of aryl methyl sites for hydroxylation is 1. The minimum absolute atomic E-state index is 0.236. The molecule has 2 aliphatic rings. The number of ether oxygens (including phenoxy) is 4. The highest BCUT2D eigenvalue weighted by molar-refractivity contribution is 6.21. The van der Waals surface area contributed by atoms with Gasteiger partial charge in [-0.05, 0) is 59.0 Å². The number of rotatable bonds is 1. The van der Waals surface area contributed by atoms with E-state index in [1.807, 2.05) is 6.07 Å². The molecule has 0 amide bonds. The Morgan fingerprint density at radius 1 is 0.824 bits per heavy atom. The van der Waals surface area contributed by atoms with Gasteiger partial charge in [0, 0.05) is 5.39 Å². The molecule has 164 valence electrons. The van der Waals surface area contributed by atoms with Crippen LogP contribution in [0.1, 0.15) is 0 Å². The maximum absolute atomic E-state index is 5.87. The second-order valence-electron chi connectivity index (χ2n) is 8.71. The number of hydrogen-bond acceptors (Lipinski definition) is 5. The van der Waals surface area contributed by atoms with E-state index < -0.39 is 0 Å². The van der Waals surface area contributed by atoms with E-state index in [2.05, 4.69) is 70.2 Å². The summed E-state index contributed by atoms with van der Waals surface area (Å²) in [5, 5.41) is 5.45. The fourth-order valence-electron chi connectivity index (χ4n) is 5.34. The van der Waals surface area contributed by atoms with Gasteiger partial charge >= 0.3 is 0 Å². The molecule has 1 N–H and O–H groups in total. The third-order valence-electron chi connectivity index (χ3n) is 6.86. The van der Waals surface area contributed by atoms with E-state index in [1.54, 1.807) is 6.33 Å². The Hall–Kier alpha value is -4.52. The predicted octanol–water partition coefficient (Wildman–Crippen LogP) is 4.97. The van der Waals surface area contributed by atoms with Gasteiger partial charge in [-0.2, -0.15) is 4.57 Å². The van der Waals surface area contributed by atoms with Gasteiger partial charge in [0.1, 0.15) is 7.05 Å². The molecule has 4 aromatic carbocycles. The molecule has 8 rings (SSSR count). The Bertz CT molecular complexity index is 1840. The molecule has 0 bridgehead atoms. The highest BCUT2D eigenvalue weighted by Gasteiger charge is 2.26. The van der Waals surface area contributed by atoms with E-state index >= 15 is 0 Å². The lowest BCUT2D eigenvalue weighted by Gasteiger charge is -2.13. The van der Waals surface area contributed by atoms with Crippen molar-refractivity contribution in [2.75, 3.05) is 13.6 Å². The number of imidazole rings is 1. The van der Waals surface area contributed by atoms with E-state index in [0.717, 1.165) is 77.6 Å². The summed E-state index contributed by atoms with van der Waals surface area (Å²) in [6.07, 6.45) is 3.85. The summed E-state index contributed by atoms with van der Waals surface area (Å²) in [5.41, 5.74) is 5.26. The van der Waals surface area contributed by atoms with Crippen LogP contribution in [0.2, 0.25) is 0 Å². The van der Waals surface area contributed by atoms with E-state index in [4.69, 9.17) is 18.9 Å². The molecule has 6 aromatic rings. The van der Waals surface area contributed by atoms with Gasteiger partial charge in [-0.25, -0.2) is 4.98 Å². The van der Waals surface area contributed by atoms with Gasteiger partial charge in [0.2, 0.25) is 19.1 Å². The number of nitrogens with one attached hydrogen (secondary N) is 1. The highest BCUT2D eigenvalue weighted by atomic mass is 16.7. The van der Waals surface area contributed by atoms with E-state index in [1.165, 1.54) is 0 Å². The molecule has 4 heterocycles. The molecule has 7 nitrogen and oxygen atoms in total. The first kappa shape index (κ1) is 18.0. The van der Waals surface area contributed by atoms with E-state index in [0.29, 0.717) is 0 Å². The summed E-state index contributed by atoms with van der Waals surface area (Å²) < 4.78 is 25.1. The molecule has 0 unspecified atom stereocenters. The van der Waals surface area contributed by atoms with Crippen LogP contribution in [0.5, 0.6) is 23.0 Å². The third kappa shape index (κ3) is 2.30. The van der Waals surface area contributed by atoms with Crippen molar-refractivity contribution in [3.8, 4) is 34.1 Å². The van der Waals surface area contributed by atoms with Crippen molar-refractivity contribution in [3.63, 3.8) is 0 Å². The van der Waals surface area contributed by atoms with Crippen molar-refractivity contribution < 1.29 is 23.5 Å². The van der Waals surface area contributed by atoms with Crippen LogP contribution >= 0.6 is 0 Å². The SMILES string of the molecule is C[n+]1cc2c3c(ccc2c2c(-c4ccc5[nH]cnc5c4)cc4cc5c(cc4c21)OCO5)OCO3. The number of aromatic nitrogens is 3. The van der Waals surface area contributed by atoms with Crippen LogP contribution in [0.25, 0.3) is 54.6 Å². The fraction of sp³-hybridized carbons (Fsp3) is 0.111. The summed E-state index contributed by atoms with van der Waals surface area (Å²) in [5.74, 6) is 3.10. The topological polar surface area (TPSA) is 69.5 Å². The second-order valence-corrected chi connectivity index (χ2v) is 8.71. The first-order chi connectivity index (χ1) is 16.7. The van der Waals surface area contributed by atoms with Crippen LogP contribution in [0, 0.1) is 0 Å². The van der Waals surface area contributed by atoms with Gasteiger partial charge in [0.25, 0.3) is 0 Å². The Morgan fingerprint density at radius 3 is 2.62 bits per heavy atom. The lowest BCUT2D eigenvalue weighted by Crippen LogP contribution is -2.28. The predicted molar refractivity (Wildman–Crippen MR) is 127 cm³/mol. The number of pyridine rings is 1. The smallest absolute Gasteiger partial charge is 0.231 e. The average molecular weight is 448 g/mol. The van der Waals surface area contributed by atoms with Crippen LogP contribution in [0.3, 0.4) is 0 Å². The molecule has 0 saturated heterocycles. The minimum atomic E-state index is 0.236. The molecule has 0 saturated carbocycles. The van der Waals surface area contributed by atoms with Crippen molar-refractivity contribution in [1.29, 1.82) is 0 Å². The first-order valence-electron chi connectivity index (χ1n) is 11.1. The molecule has 2 aliphatic heterocycles. The Kier molecular flexibility index (Phi) is 3.32. The number of benzene rings is 4. The van der Waals surface area contributed by atoms with Gasteiger partial charge < -0.3 is 23.9 Å². The molecule has 2 aromatic heterocycles. The van der Waals surface area contributed by atoms with Gasteiger partial charge in [0.05, 0.1) is 33.5 Å². The van der Waals surface area contributed by atoms with Crippen LogP contribution in [-0.4, -0.2) is 23.6 Å². The molecule has 0 spiro atoms. The maximum atomic E-state index is 5.87. The fourth-order valence-corrected chi connectivity index (χ4v) is 5.34. The summed E-state index contributed by atoms with van der Waals surface area (Å²) >= 11 is 0. The minimum Gasteiger partial charge on any atom is -0.454 e. The number of H-pyrrole nitrogens is 1. The zero-order valence-electron chi connectivity index (χ0n) is 18.2. The van der Waals surface area contributed by atoms with Gasteiger partial charge in [-0.3, -0.25) is 0 Å². The van der Waals surface area contributed by atoms with Crippen LogP contribution < -0.4 is 23.5 Å². The van der Waals surface area contributed by atoms with Crippen molar-refractivity contribution in [2.45, 2.75) is 0 Å². The lowest BCUT2D eigenvalue weighted by atomic mass is 9.92. The molecule has 7 heteroatoms. The van der Waals surface area contributed by atoms with Gasteiger partial charge in [0.15, 0.2) is 29.2 Å². The van der Waals surface area contributed by atoms with E-state index in [9.17, 15) is 0 Å². The van der Waals surface area contributed by atoms with Crippen molar-refractivity contribution in [3.05, 3.63) is 61.1 Å². The lowest BCUT2D eigenvalue weighted by molar-refractivity contribution is -0.642. The molecular weight excluding hydrogens is 430 g/mol. The zero-order valence-corrected chi connectivity index (χ0v) is 18.2. The normalized spacial score (nSPS) is 14.1. The molecular formula is C27H18N3O4+. The standard InChI is InChI=1S/C27H17N3O4/c1-30-10-19-16(3-5-22-27(19)34-13-31-22)25-17(14-2-4-20-21(7-14)29-11-28-20)6-15-8-23-24(33-12-32-23)9-18(15)26(25)30/h2-11H,12-13H2,1H3/p+1. The Labute approximate surface area is 193 Å². The average Bonchev–Trinajstić information content (AvgIpc) is 3.61. The largest absolute Gasteiger partial charge is 0.454 e. The van der Waals surface area contributed by atoms with Gasteiger partial charge in [-0.1, -0.05) is 6.07 Å². The zero-order chi connectivity index (χ0) is 22.4. The monoisotopic (exact) mass is 448 g/mol. The Morgan fingerprint density at radius 2 is 1.68 bits per heavy atom. The highest BCUT2D eigenvalue weighted by Crippen LogP contribution is 2.46. The summed E-state index contributed by atoms with van der Waals surface area (Å²) in [6, 6.07) is 16.8. The van der Waals surface area contributed by atoms with Crippen LogP contribution in [-0.2, 0) is 7.05 Å². The number of aromatic amines is 1. The molecule has 0 radical (unpaired) electrons. The summed E-state index contributed by atoms with van der Waals surface area (Å²) in [4.78, 5) is 7.67. The van der Waals surface area contributed by atoms with Gasteiger partial charge in [-0.15, -0.1) is 0 Å². The molecule has 34 heavy (non-hydrogen) atoms.